The lowest BCUT2D eigenvalue weighted by atomic mass is 10.0. The number of halogens is 3. The molecule has 1 aliphatic heterocycles. The van der Waals surface area contributed by atoms with Crippen molar-refractivity contribution in [3.63, 3.8) is 0 Å². The predicted octanol–water partition coefficient (Wildman–Crippen LogP) is 3.64. The van der Waals surface area contributed by atoms with Crippen LogP contribution in [-0.2, 0) is 7.05 Å². The zero-order valence-corrected chi connectivity index (χ0v) is 13.6. The number of aryl methyl sites for hydroxylation is 1. The normalized spacial score (nSPS) is 17.8. The van der Waals surface area contributed by atoms with Crippen LogP contribution in [0.4, 0.5) is 8.78 Å². The Kier molecular flexibility index (Phi) is 4.10. The summed E-state index contributed by atoms with van der Waals surface area (Å²) < 4.78 is 29.2. The molecule has 1 fully saturated rings. The van der Waals surface area contributed by atoms with Crippen molar-refractivity contribution in [3.05, 3.63) is 51.8 Å². The molecular formula is C16H16ClF2N3O. The molecule has 1 aromatic carbocycles. The molecule has 1 aromatic heterocycles. The lowest BCUT2D eigenvalue weighted by Gasteiger charge is -2.25. The molecule has 7 heteroatoms. The molecule has 0 radical (unpaired) electrons. The number of likely N-dealkylation sites (tertiary alicyclic amines) is 1. The summed E-state index contributed by atoms with van der Waals surface area (Å²) in [6.45, 7) is 2.45. The maximum Gasteiger partial charge on any atom is 0.257 e. The second-order valence-electron chi connectivity index (χ2n) is 5.69. The van der Waals surface area contributed by atoms with Gasteiger partial charge in [0.25, 0.3) is 5.91 Å². The third-order valence-corrected chi connectivity index (χ3v) is 4.76. The van der Waals surface area contributed by atoms with Gasteiger partial charge in [-0.3, -0.25) is 9.48 Å². The molecule has 4 nitrogen and oxygen atoms in total. The Labute approximate surface area is 137 Å². The molecule has 1 atom stereocenters. The number of nitrogens with zero attached hydrogens (tertiary/aromatic N) is 3. The van der Waals surface area contributed by atoms with E-state index in [1.54, 1.807) is 15.8 Å². The van der Waals surface area contributed by atoms with E-state index >= 15 is 0 Å². The standard InChI is InChI=1S/C16H16ClF2N3O/c1-9-11(8-20-21(9)2)13-4-3-7-22(13)16(23)10-5-6-12(18)14(17)15(10)19/h5-6,8,13H,3-4,7H2,1-2H3/t13-/m0/s1. The number of aromatic nitrogens is 2. The van der Waals surface area contributed by atoms with Gasteiger partial charge in [0.15, 0.2) is 5.82 Å². The highest BCUT2D eigenvalue weighted by molar-refractivity contribution is 6.31. The first kappa shape index (κ1) is 15.9. The molecule has 0 unspecified atom stereocenters. The Morgan fingerprint density at radius 3 is 2.78 bits per heavy atom. The third kappa shape index (κ3) is 2.61. The number of carbonyl (C=O) groups excluding carboxylic acids is 1. The minimum absolute atomic E-state index is 0.153. The van der Waals surface area contributed by atoms with Crippen LogP contribution in [0.1, 0.15) is 40.5 Å². The summed E-state index contributed by atoms with van der Waals surface area (Å²) in [6.07, 6.45) is 3.34. The summed E-state index contributed by atoms with van der Waals surface area (Å²) in [5, 5.41) is 3.56. The van der Waals surface area contributed by atoms with Gasteiger partial charge < -0.3 is 4.90 Å². The molecule has 0 saturated carbocycles. The zero-order chi connectivity index (χ0) is 16.7. The summed E-state index contributed by atoms with van der Waals surface area (Å²) in [5.41, 5.74) is 1.71. The van der Waals surface area contributed by atoms with Gasteiger partial charge in [-0.1, -0.05) is 11.6 Å². The molecule has 1 amide bonds. The van der Waals surface area contributed by atoms with Gasteiger partial charge in [-0.25, -0.2) is 8.78 Å². The van der Waals surface area contributed by atoms with Crippen LogP contribution >= 0.6 is 11.6 Å². The van der Waals surface area contributed by atoms with Crippen LogP contribution in [0.3, 0.4) is 0 Å². The van der Waals surface area contributed by atoms with E-state index < -0.39 is 22.6 Å². The highest BCUT2D eigenvalue weighted by Gasteiger charge is 2.34. The molecule has 0 spiro atoms. The highest BCUT2D eigenvalue weighted by Crippen LogP contribution is 2.35. The maximum absolute atomic E-state index is 14.1. The van der Waals surface area contributed by atoms with Gasteiger partial charge >= 0.3 is 0 Å². The molecular weight excluding hydrogens is 324 g/mol. The second kappa shape index (κ2) is 5.92. The Bertz CT molecular complexity index is 775. The van der Waals surface area contributed by atoms with Crippen molar-refractivity contribution in [3.8, 4) is 0 Å². The summed E-state index contributed by atoms with van der Waals surface area (Å²) >= 11 is 5.58. The minimum Gasteiger partial charge on any atom is -0.331 e. The lowest BCUT2D eigenvalue weighted by molar-refractivity contribution is 0.0730. The van der Waals surface area contributed by atoms with Gasteiger partial charge in [0.1, 0.15) is 10.8 Å². The van der Waals surface area contributed by atoms with E-state index in [1.165, 1.54) is 0 Å². The van der Waals surface area contributed by atoms with Crippen molar-refractivity contribution in [1.29, 1.82) is 0 Å². The molecule has 1 saturated heterocycles. The van der Waals surface area contributed by atoms with Crippen LogP contribution in [0.5, 0.6) is 0 Å². The predicted molar refractivity (Wildman–Crippen MR) is 82.3 cm³/mol. The molecule has 0 N–H and O–H groups in total. The van der Waals surface area contributed by atoms with E-state index in [4.69, 9.17) is 11.6 Å². The average molecular weight is 340 g/mol. The van der Waals surface area contributed by atoms with Gasteiger partial charge in [0.2, 0.25) is 0 Å². The molecule has 23 heavy (non-hydrogen) atoms. The fraction of sp³-hybridized carbons (Fsp3) is 0.375. The first-order valence-corrected chi connectivity index (χ1v) is 7.72. The number of hydrogen-bond donors (Lipinski definition) is 0. The Hall–Kier alpha value is -1.95. The molecule has 0 aliphatic carbocycles. The van der Waals surface area contributed by atoms with Crippen LogP contribution in [0.15, 0.2) is 18.3 Å². The van der Waals surface area contributed by atoms with Gasteiger partial charge in [0.05, 0.1) is 17.8 Å². The summed E-state index contributed by atoms with van der Waals surface area (Å²) in [4.78, 5) is 14.3. The number of hydrogen-bond acceptors (Lipinski definition) is 2. The van der Waals surface area contributed by atoms with Crippen molar-refractivity contribution in [2.24, 2.45) is 7.05 Å². The van der Waals surface area contributed by atoms with Gasteiger partial charge in [-0.05, 0) is 31.9 Å². The number of benzene rings is 1. The van der Waals surface area contributed by atoms with E-state index in [-0.39, 0.29) is 11.6 Å². The largest absolute Gasteiger partial charge is 0.331 e. The first-order chi connectivity index (χ1) is 10.9. The van der Waals surface area contributed by atoms with E-state index in [9.17, 15) is 13.6 Å². The first-order valence-electron chi connectivity index (χ1n) is 7.34. The fourth-order valence-corrected chi connectivity index (χ4v) is 3.19. The summed E-state index contributed by atoms with van der Waals surface area (Å²) in [5.74, 6) is -2.36. The lowest BCUT2D eigenvalue weighted by Crippen LogP contribution is -2.31. The fourth-order valence-electron chi connectivity index (χ4n) is 3.02. The van der Waals surface area contributed by atoms with Crippen LogP contribution < -0.4 is 0 Å². The van der Waals surface area contributed by atoms with Crippen LogP contribution in [-0.4, -0.2) is 27.1 Å². The molecule has 2 heterocycles. The topological polar surface area (TPSA) is 38.1 Å². The molecule has 122 valence electrons. The molecule has 0 bridgehead atoms. The number of carbonyl (C=O) groups is 1. The Morgan fingerprint density at radius 1 is 1.39 bits per heavy atom. The monoisotopic (exact) mass is 339 g/mol. The Balaban J connectivity index is 1.96. The van der Waals surface area contributed by atoms with Gasteiger partial charge in [0, 0.05) is 24.8 Å². The Morgan fingerprint density at radius 2 is 2.13 bits per heavy atom. The molecule has 1 aliphatic rings. The number of rotatable bonds is 2. The summed E-state index contributed by atoms with van der Waals surface area (Å²) in [7, 11) is 1.83. The van der Waals surface area contributed by atoms with Crippen molar-refractivity contribution in [1.82, 2.24) is 14.7 Å². The average Bonchev–Trinajstić information content (AvgIpc) is 3.12. The minimum atomic E-state index is -1.01. The van der Waals surface area contributed by atoms with E-state index in [0.717, 1.165) is 36.2 Å². The van der Waals surface area contributed by atoms with Crippen LogP contribution in [0.2, 0.25) is 5.02 Å². The van der Waals surface area contributed by atoms with Crippen molar-refractivity contribution in [2.45, 2.75) is 25.8 Å². The van der Waals surface area contributed by atoms with Gasteiger partial charge in [-0.15, -0.1) is 0 Å². The summed E-state index contributed by atoms with van der Waals surface area (Å²) in [6, 6.07) is 2.00. The van der Waals surface area contributed by atoms with E-state index in [1.807, 2.05) is 14.0 Å². The van der Waals surface area contributed by atoms with Crippen molar-refractivity contribution >= 4 is 17.5 Å². The smallest absolute Gasteiger partial charge is 0.257 e. The van der Waals surface area contributed by atoms with E-state index in [0.29, 0.717) is 6.54 Å². The van der Waals surface area contributed by atoms with Crippen LogP contribution in [0.25, 0.3) is 0 Å². The molecule has 2 aromatic rings. The van der Waals surface area contributed by atoms with Crippen molar-refractivity contribution in [2.75, 3.05) is 6.54 Å². The van der Waals surface area contributed by atoms with Gasteiger partial charge in [-0.2, -0.15) is 5.10 Å². The second-order valence-corrected chi connectivity index (χ2v) is 6.07. The maximum atomic E-state index is 14.1. The quantitative estimate of drug-likeness (QED) is 0.783. The van der Waals surface area contributed by atoms with Crippen LogP contribution in [0, 0.1) is 18.6 Å². The third-order valence-electron chi connectivity index (χ3n) is 4.41. The SMILES string of the molecule is Cc1c([C@@H]2CCCN2C(=O)c2ccc(F)c(Cl)c2F)cnn1C. The highest BCUT2D eigenvalue weighted by atomic mass is 35.5. The molecule has 3 rings (SSSR count). The van der Waals surface area contributed by atoms with E-state index in [2.05, 4.69) is 5.10 Å². The number of amides is 1. The zero-order valence-electron chi connectivity index (χ0n) is 12.8. The van der Waals surface area contributed by atoms with Crippen molar-refractivity contribution < 1.29 is 13.6 Å².